The number of halogens is 3. The summed E-state index contributed by atoms with van der Waals surface area (Å²) in [4.78, 5) is 4.33. The molecular weight excluding hydrogens is 294 g/mol. The summed E-state index contributed by atoms with van der Waals surface area (Å²) in [6.45, 7) is 2.60. The lowest BCUT2D eigenvalue weighted by molar-refractivity contribution is 0.369. The molecule has 1 atom stereocenters. The molecule has 1 heterocycles. The molecule has 2 fully saturated rings. The van der Waals surface area contributed by atoms with E-state index in [1.807, 2.05) is 11.5 Å². The molecule has 0 bridgehead atoms. The van der Waals surface area contributed by atoms with Gasteiger partial charge in [-0.2, -0.15) is 0 Å². The topological polar surface area (TPSA) is 17.8 Å². The second kappa shape index (κ2) is 4.42. The first-order valence-electron chi connectivity index (χ1n) is 7.49. The van der Waals surface area contributed by atoms with Crippen molar-refractivity contribution in [1.82, 2.24) is 9.55 Å². The van der Waals surface area contributed by atoms with E-state index >= 15 is 0 Å². The summed E-state index contributed by atoms with van der Waals surface area (Å²) in [7, 11) is 0. The van der Waals surface area contributed by atoms with Crippen LogP contribution in [0.25, 0.3) is 11.0 Å². The summed E-state index contributed by atoms with van der Waals surface area (Å²) in [5, 5.41) is -0.324. The van der Waals surface area contributed by atoms with Crippen molar-refractivity contribution in [2.24, 2.45) is 11.3 Å². The molecular formula is C16H17ClF2N2. The number of benzene rings is 1. The highest BCUT2D eigenvalue weighted by atomic mass is 35.5. The summed E-state index contributed by atoms with van der Waals surface area (Å²) in [5.41, 5.74) is 1.07. The summed E-state index contributed by atoms with van der Waals surface area (Å²) in [5.74, 6) is 0.236. The van der Waals surface area contributed by atoms with Gasteiger partial charge in [0.1, 0.15) is 17.2 Å². The Kier molecular flexibility index (Phi) is 2.84. The first-order chi connectivity index (χ1) is 10.00. The van der Waals surface area contributed by atoms with E-state index in [4.69, 9.17) is 11.6 Å². The van der Waals surface area contributed by atoms with Crippen molar-refractivity contribution >= 4 is 22.6 Å². The van der Waals surface area contributed by atoms with Crippen LogP contribution in [-0.4, -0.2) is 9.55 Å². The van der Waals surface area contributed by atoms with E-state index in [0.29, 0.717) is 16.8 Å². The Morgan fingerprint density at radius 1 is 1.38 bits per heavy atom. The Balaban J connectivity index is 1.86. The predicted octanol–water partition coefficient (Wildman–Crippen LogP) is 4.80. The van der Waals surface area contributed by atoms with Crippen LogP contribution in [0.5, 0.6) is 0 Å². The van der Waals surface area contributed by atoms with Crippen LogP contribution in [0, 0.1) is 23.0 Å². The van der Waals surface area contributed by atoms with E-state index in [9.17, 15) is 8.78 Å². The van der Waals surface area contributed by atoms with Gasteiger partial charge in [0.05, 0.1) is 10.9 Å². The van der Waals surface area contributed by atoms with Gasteiger partial charge in [0.25, 0.3) is 0 Å². The minimum absolute atomic E-state index is 0.227. The lowest BCUT2D eigenvalue weighted by Crippen LogP contribution is -2.16. The monoisotopic (exact) mass is 310 g/mol. The Hall–Kier alpha value is -1.16. The van der Waals surface area contributed by atoms with Gasteiger partial charge >= 0.3 is 0 Å². The largest absolute Gasteiger partial charge is 0.326 e. The van der Waals surface area contributed by atoms with Crippen molar-refractivity contribution < 1.29 is 8.78 Å². The van der Waals surface area contributed by atoms with E-state index in [0.717, 1.165) is 18.5 Å². The molecule has 2 aliphatic rings. The quantitative estimate of drug-likeness (QED) is 0.741. The number of aromatic nitrogens is 2. The third-order valence-corrected chi connectivity index (χ3v) is 5.16. The van der Waals surface area contributed by atoms with Gasteiger partial charge in [0.15, 0.2) is 5.82 Å². The fourth-order valence-electron chi connectivity index (χ4n) is 3.50. The molecule has 0 spiro atoms. The van der Waals surface area contributed by atoms with Gasteiger partial charge in [-0.25, -0.2) is 13.8 Å². The molecule has 0 radical (unpaired) electrons. The minimum Gasteiger partial charge on any atom is -0.326 e. The highest BCUT2D eigenvalue weighted by Crippen LogP contribution is 2.62. The first kappa shape index (κ1) is 13.5. The van der Waals surface area contributed by atoms with Crippen LogP contribution >= 0.6 is 11.6 Å². The molecule has 21 heavy (non-hydrogen) atoms. The second-order valence-corrected chi connectivity index (χ2v) is 7.22. The lowest BCUT2D eigenvalue weighted by Gasteiger charge is -2.18. The van der Waals surface area contributed by atoms with Crippen LogP contribution in [0.3, 0.4) is 0 Å². The molecule has 2 aromatic rings. The number of fused-ring (bicyclic) bond motifs is 1. The fourth-order valence-corrected chi connectivity index (χ4v) is 3.67. The molecule has 0 aliphatic heterocycles. The van der Waals surface area contributed by atoms with E-state index in [1.165, 1.54) is 31.7 Å². The number of rotatable bonds is 4. The van der Waals surface area contributed by atoms with E-state index in [-0.39, 0.29) is 10.9 Å². The predicted molar refractivity (Wildman–Crippen MR) is 78.3 cm³/mol. The van der Waals surface area contributed by atoms with Crippen LogP contribution in [-0.2, 0) is 6.54 Å². The Morgan fingerprint density at radius 2 is 2.10 bits per heavy atom. The van der Waals surface area contributed by atoms with Crippen LogP contribution in [0.2, 0.25) is 0 Å². The molecule has 2 saturated carbocycles. The normalized spacial score (nSPS) is 21.7. The Labute approximate surface area is 127 Å². The summed E-state index contributed by atoms with van der Waals surface area (Å²) < 4.78 is 29.5. The van der Waals surface area contributed by atoms with E-state index in [2.05, 4.69) is 4.98 Å². The zero-order valence-electron chi connectivity index (χ0n) is 11.9. The van der Waals surface area contributed by atoms with Crippen molar-refractivity contribution in [3.05, 3.63) is 29.6 Å². The zero-order chi connectivity index (χ0) is 14.8. The number of imidazole rings is 1. The van der Waals surface area contributed by atoms with E-state index < -0.39 is 11.6 Å². The van der Waals surface area contributed by atoms with Crippen molar-refractivity contribution in [2.75, 3.05) is 0 Å². The smallest absolute Gasteiger partial charge is 0.153 e. The van der Waals surface area contributed by atoms with Crippen molar-refractivity contribution in [1.29, 1.82) is 0 Å². The highest BCUT2D eigenvalue weighted by molar-refractivity contribution is 6.20. The third-order valence-electron chi connectivity index (χ3n) is 4.97. The Morgan fingerprint density at radius 3 is 2.67 bits per heavy atom. The molecule has 4 rings (SSSR count). The molecule has 2 nitrogen and oxygen atoms in total. The maximum absolute atomic E-state index is 14.0. The number of alkyl halides is 1. The van der Waals surface area contributed by atoms with Gasteiger partial charge < -0.3 is 4.57 Å². The maximum Gasteiger partial charge on any atom is 0.153 e. The van der Waals surface area contributed by atoms with Gasteiger partial charge in [0.2, 0.25) is 0 Å². The molecule has 112 valence electrons. The molecule has 1 unspecified atom stereocenters. The average molecular weight is 311 g/mol. The van der Waals surface area contributed by atoms with Gasteiger partial charge in [0, 0.05) is 12.6 Å². The second-order valence-electron chi connectivity index (χ2n) is 6.56. The molecule has 0 amide bonds. The van der Waals surface area contributed by atoms with Crippen LogP contribution in [0.1, 0.15) is 43.8 Å². The zero-order valence-corrected chi connectivity index (χ0v) is 12.6. The van der Waals surface area contributed by atoms with E-state index in [1.54, 1.807) is 0 Å². The van der Waals surface area contributed by atoms with Gasteiger partial charge in [-0.1, -0.05) is 0 Å². The number of nitrogens with zero attached hydrogens (tertiary/aromatic N) is 2. The minimum atomic E-state index is -0.612. The van der Waals surface area contributed by atoms with Crippen LogP contribution in [0.15, 0.2) is 12.1 Å². The van der Waals surface area contributed by atoms with Crippen LogP contribution in [0.4, 0.5) is 8.78 Å². The third kappa shape index (κ3) is 2.15. The number of hydrogen-bond acceptors (Lipinski definition) is 1. The summed E-state index contributed by atoms with van der Waals surface area (Å²) in [6, 6.07) is 2.26. The molecule has 2 aliphatic carbocycles. The standard InChI is InChI=1S/C16H17ClF2N2/c1-9(17)15-20-14-12(19)6-11(18)7-13(14)21(15)8-16(4-5-16)10-2-3-10/h6-7,9-10H,2-5,8H2,1H3. The maximum atomic E-state index is 14.0. The van der Waals surface area contributed by atoms with Gasteiger partial charge in [-0.15, -0.1) is 11.6 Å². The molecule has 0 N–H and O–H groups in total. The molecule has 1 aromatic heterocycles. The lowest BCUT2D eigenvalue weighted by atomic mass is 10.0. The molecule has 1 aromatic carbocycles. The highest BCUT2D eigenvalue weighted by Gasteiger charge is 2.54. The molecule has 0 saturated heterocycles. The van der Waals surface area contributed by atoms with Crippen LogP contribution < -0.4 is 0 Å². The SMILES string of the molecule is CC(Cl)c1nc2c(F)cc(F)cc2n1CC1(C2CC2)CC1. The van der Waals surface area contributed by atoms with Crippen molar-refractivity contribution in [2.45, 2.75) is 44.5 Å². The number of hydrogen-bond donors (Lipinski definition) is 0. The van der Waals surface area contributed by atoms with Gasteiger partial charge in [-0.3, -0.25) is 0 Å². The first-order valence-corrected chi connectivity index (χ1v) is 7.93. The van der Waals surface area contributed by atoms with Crippen molar-refractivity contribution in [3.63, 3.8) is 0 Å². The average Bonchev–Trinajstić information content (AvgIpc) is 3.29. The van der Waals surface area contributed by atoms with Gasteiger partial charge in [-0.05, 0) is 50.0 Å². The summed E-state index contributed by atoms with van der Waals surface area (Å²) in [6.07, 6.45) is 4.96. The fraction of sp³-hybridized carbons (Fsp3) is 0.562. The van der Waals surface area contributed by atoms with Crippen molar-refractivity contribution in [3.8, 4) is 0 Å². The Bertz CT molecular complexity index is 715. The molecule has 5 heteroatoms. The summed E-state index contributed by atoms with van der Waals surface area (Å²) >= 11 is 6.22.